The fourth-order valence-electron chi connectivity index (χ4n) is 2.08. The van der Waals surface area contributed by atoms with E-state index < -0.39 is 4.92 Å². The van der Waals surface area contributed by atoms with Gasteiger partial charge in [0.15, 0.2) is 0 Å². The number of nitrogens with one attached hydrogen (secondary N) is 1. The predicted molar refractivity (Wildman–Crippen MR) is 67.5 cm³/mol. The Morgan fingerprint density at radius 2 is 2.17 bits per heavy atom. The topological polar surface area (TPSA) is 72.2 Å². The highest BCUT2D eigenvalue weighted by Crippen LogP contribution is 2.32. The van der Waals surface area contributed by atoms with Crippen LogP contribution in [0, 0.1) is 23.0 Å². The maximum absolute atomic E-state index is 12.0. The van der Waals surface area contributed by atoms with Crippen LogP contribution in [0.25, 0.3) is 0 Å². The molecule has 1 atom stereocenters. The van der Waals surface area contributed by atoms with E-state index in [9.17, 15) is 14.9 Å². The quantitative estimate of drug-likeness (QED) is 0.657. The molecule has 1 aliphatic rings. The lowest BCUT2D eigenvalue weighted by atomic mass is 10.1. The van der Waals surface area contributed by atoms with Crippen LogP contribution in [0.3, 0.4) is 0 Å². The number of benzene rings is 1. The number of rotatable bonds is 4. The summed E-state index contributed by atoms with van der Waals surface area (Å²) >= 11 is 0. The molecule has 1 aliphatic carbocycles. The van der Waals surface area contributed by atoms with Crippen LogP contribution in [-0.2, 0) is 0 Å². The number of hydrogen-bond donors (Lipinski definition) is 1. The minimum absolute atomic E-state index is 0.0811. The Morgan fingerprint density at radius 1 is 1.50 bits per heavy atom. The van der Waals surface area contributed by atoms with Gasteiger partial charge < -0.3 is 5.32 Å². The first-order valence-electron chi connectivity index (χ1n) is 6.05. The number of nitro benzene ring substituents is 1. The molecule has 2 rings (SSSR count). The Balaban J connectivity index is 2.23. The molecule has 1 N–H and O–H groups in total. The lowest BCUT2D eigenvalue weighted by Gasteiger charge is -2.13. The smallest absolute Gasteiger partial charge is 0.285 e. The minimum atomic E-state index is -0.494. The molecular weight excluding hydrogens is 232 g/mol. The van der Waals surface area contributed by atoms with Gasteiger partial charge in [-0.1, -0.05) is 12.1 Å². The van der Waals surface area contributed by atoms with Crippen LogP contribution in [0.4, 0.5) is 5.69 Å². The summed E-state index contributed by atoms with van der Waals surface area (Å²) in [7, 11) is 0. The Hall–Kier alpha value is -1.91. The van der Waals surface area contributed by atoms with Gasteiger partial charge in [0.05, 0.1) is 4.92 Å². The van der Waals surface area contributed by atoms with Crippen molar-refractivity contribution in [2.45, 2.75) is 32.7 Å². The summed E-state index contributed by atoms with van der Waals surface area (Å²) in [4.78, 5) is 22.6. The summed E-state index contributed by atoms with van der Waals surface area (Å²) in [6, 6.07) is 4.89. The maximum atomic E-state index is 12.0. The molecule has 0 saturated heterocycles. The van der Waals surface area contributed by atoms with Crippen LogP contribution in [0.5, 0.6) is 0 Å². The van der Waals surface area contributed by atoms with Crippen molar-refractivity contribution < 1.29 is 9.72 Å². The Labute approximate surface area is 105 Å². The van der Waals surface area contributed by atoms with E-state index in [0.717, 1.165) is 12.8 Å². The standard InChI is InChI=1S/C13H16N2O3/c1-8-4-3-5-11(12(8)15(17)18)13(16)14-9(2)10-6-7-10/h3-5,9-10H,6-7H2,1-2H3,(H,14,16). The average Bonchev–Trinajstić information content (AvgIpc) is 3.11. The monoisotopic (exact) mass is 248 g/mol. The summed E-state index contributed by atoms with van der Waals surface area (Å²) in [5.74, 6) is 0.169. The van der Waals surface area contributed by atoms with Crippen molar-refractivity contribution in [2.75, 3.05) is 0 Å². The molecule has 18 heavy (non-hydrogen) atoms. The largest absolute Gasteiger partial charge is 0.349 e. The number of carbonyl (C=O) groups excluding carboxylic acids is 1. The molecule has 0 radical (unpaired) electrons. The SMILES string of the molecule is Cc1cccc(C(=O)NC(C)C2CC2)c1[N+](=O)[O-]. The number of nitrogens with zero attached hydrogens (tertiary/aromatic N) is 1. The van der Waals surface area contributed by atoms with Crippen molar-refractivity contribution in [2.24, 2.45) is 5.92 Å². The molecule has 1 amide bonds. The highest BCUT2D eigenvalue weighted by molar-refractivity contribution is 5.98. The molecule has 1 unspecified atom stereocenters. The summed E-state index contributed by atoms with van der Waals surface area (Å²) in [6.07, 6.45) is 2.24. The Bertz CT molecular complexity index is 495. The molecule has 96 valence electrons. The van der Waals surface area contributed by atoms with E-state index in [1.165, 1.54) is 6.07 Å². The number of hydrogen-bond acceptors (Lipinski definition) is 3. The van der Waals surface area contributed by atoms with Crippen molar-refractivity contribution in [3.05, 3.63) is 39.4 Å². The summed E-state index contributed by atoms with van der Waals surface area (Å²) < 4.78 is 0. The molecular formula is C13H16N2O3. The van der Waals surface area contributed by atoms with E-state index in [2.05, 4.69) is 5.32 Å². The van der Waals surface area contributed by atoms with Gasteiger partial charge in [-0.2, -0.15) is 0 Å². The molecule has 0 aliphatic heterocycles. The highest BCUT2D eigenvalue weighted by Gasteiger charge is 2.30. The number of amides is 1. The fourth-order valence-corrected chi connectivity index (χ4v) is 2.08. The number of nitro groups is 1. The van der Waals surface area contributed by atoms with Crippen molar-refractivity contribution in [1.82, 2.24) is 5.32 Å². The summed E-state index contributed by atoms with van der Waals surface area (Å²) in [5, 5.41) is 13.8. The van der Waals surface area contributed by atoms with Crippen molar-refractivity contribution in [3.63, 3.8) is 0 Å². The lowest BCUT2D eigenvalue weighted by Crippen LogP contribution is -2.34. The lowest BCUT2D eigenvalue weighted by molar-refractivity contribution is -0.385. The molecule has 0 heterocycles. The third kappa shape index (κ3) is 2.50. The van der Waals surface area contributed by atoms with Crippen LogP contribution in [0.1, 0.15) is 35.7 Å². The van der Waals surface area contributed by atoms with Crippen LogP contribution in [-0.4, -0.2) is 16.9 Å². The van der Waals surface area contributed by atoms with E-state index in [-0.39, 0.29) is 23.2 Å². The van der Waals surface area contributed by atoms with E-state index in [4.69, 9.17) is 0 Å². The van der Waals surface area contributed by atoms with E-state index in [1.807, 2.05) is 6.92 Å². The van der Waals surface area contributed by atoms with Gasteiger partial charge in [0.1, 0.15) is 5.56 Å². The van der Waals surface area contributed by atoms with E-state index >= 15 is 0 Å². The molecule has 0 spiro atoms. The number of carbonyl (C=O) groups is 1. The second kappa shape index (κ2) is 4.76. The third-order valence-electron chi connectivity index (χ3n) is 3.35. The normalized spacial score (nSPS) is 16.1. The third-order valence-corrected chi connectivity index (χ3v) is 3.35. The van der Waals surface area contributed by atoms with Gasteiger partial charge in [-0.15, -0.1) is 0 Å². The molecule has 1 fully saturated rings. The van der Waals surface area contributed by atoms with Crippen LogP contribution < -0.4 is 5.32 Å². The number of para-hydroxylation sites is 1. The van der Waals surface area contributed by atoms with Gasteiger partial charge in [0, 0.05) is 11.6 Å². The van der Waals surface area contributed by atoms with Crippen molar-refractivity contribution in [1.29, 1.82) is 0 Å². The van der Waals surface area contributed by atoms with Crippen LogP contribution in [0.2, 0.25) is 0 Å². The minimum Gasteiger partial charge on any atom is -0.349 e. The summed E-state index contributed by atoms with van der Waals surface area (Å²) in [5.41, 5.74) is 0.553. The average molecular weight is 248 g/mol. The molecule has 1 aromatic rings. The molecule has 0 bridgehead atoms. The predicted octanol–water partition coefficient (Wildman–Crippen LogP) is 2.43. The van der Waals surface area contributed by atoms with Crippen molar-refractivity contribution >= 4 is 11.6 Å². The van der Waals surface area contributed by atoms with Crippen LogP contribution in [0.15, 0.2) is 18.2 Å². The first-order valence-corrected chi connectivity index (χ1v) is 6.05. The van der Waals surface area contributed by atoms with Crippen molar-refractivity contribution in [3.8, 4) is 0 Å². The van der Waals surface area contributed by atoms with Gasteiger partial charge in [-0.3, -0.25) is 14.9 Å². The second-order valence-corrected chi connectivity index (χ2v) is 4.83. The fraction of sp³-hybridized carbons (Fsp3) is 0.462. The first kappa shape index (κ1) is 12.5. The Kier molecular flexibility index (Phi) is 3.32. The van der Waals surface area contributed by atoms with Gasteiger partial charge in [-0.25, -0.2) is 0 Å². The second-order valence-electron chi connectivity index (χ2n) is 4.83. The van der Waals surface area contributed by atoms with Gasteiger partial charge in [-0.05, 0) is 38.7 Å². The van der Waals surface area contributed by atoms with Gasteiger partial charge in [0.25, 0.3) is 11.6 Å². The Morgan fingerprint density at radius 3 is 2.72 bits per heavy atom. The highest BCUT2D eigenvalue weighted by atomic mass is 16.6. The zero-order valence-electron chi connectivity index (χ0n) is 10.5. The molecule has 1 saturated carbocycles. The first-order chi connectivity index (χ1) is 8.50. The zero-order chi connectivity index (χ0) is 13.3. The van der Waals surface area contributed by atoms with E-state index in [0.29, 0.717) is 11.5 Å². The molecule has 1 aromatic carbocycles. The maximum Gasteiger partial charge on any atom is 0.285 e. The van der Waals surface area contributed by atoms with Crippen LogP contribution >= 0.6 is 0 Å². The number of aryl methyl sites for hydroxylation is 1. The van der Waals surface area contributed by atoms with E-state index in [1.54, 1.807) is 19.1 Å². The molecule has 0 aromatic heterocycles. The molecule has 5 heteroatoms. The molecule has 5 nitrogen and oxygen atoms in total. The summed E-state index contributed by atoms with van der Waals surface area (Å²) in [6.45, 7) is 3.58. The van der Waals surface area contributed by atoms with Gasteiger partial charge >= 0.3 is 0 Å². The van der Waals surface area contributed by atoms with Gasteiger partial charge in [0.2, 0.25) is 0 Å². The zero-order valence-corrected chi connectivity index (χ0v) is 10.5.